The number of anilines is 2. The molecule has 0 saturated carbocycles. The summed E-state index contributed by atoms with van der Waals surface area (Å²) >= 11 is 0. The Hall–Kier alpha value is -2.67. The van der Waals surface area contributed by atoms with Crippen molar-refractivity contribution in [3.05, 3.63) is 48.0 Å². The Labute approximate surface area is 201 Å². The molecular weight excluding hydrogens is 480 g/mol. The number of ether oxygens (including phenoxy) is 1. The minimum Gasteiger partial charge on any atom is -0.495 e. The van der Waals surface area contributed by atoms with Gasteiger partial charge in [0.1, 0.15) is 10.6 Å². The molecule has 0 aliphatic carbocycles. The van der Waals surface area contributed by atoms with Crippen LogP contribution in [0.15, 0.2) is 47.4 Å². The molecule has 1 saturated heterocycles. The van der Waals surface area contributed by atoms with Crippen molar-refractivity contribution < 1.29 is 26.4 Å². The van der Waals surface area contributed by atoms with Crippen LogP contribution in [0.5, 0.6) is 5.75 Å². The number of sulfonamides is 1. The van der Waals surface area contributed by atoms with E-state index in [1.54, 1.807) is 6.07 Å². The summed E-state index contributed by atoms with van der Waals surface area (Å²) in [6, 6.07) is 10.5. The summed E-state index contributed by atoms with van der Waals surface area (Å²) < 4.78 is 59.8. The van der Waals surface area contributed by atoms with Crippen molar-refractivity contribution in [2.24, 2.45) is 0 Å². The molecule has 1 N–H and O–H groups in total. The molecule has 0 radical (unpaired) electrons. The molecule has 0 atom stereocenters. The molecule has 0 aromatic heterocycles. The number of methoxy groups -OCH3 is 1. The highest BCUT2D eigenvalue weighted by molar-refractivity contribution is 7.90. The van der Waals surface area contributed by atoms with Crippen molar-refractivity contribution in [3.63, 3.8) is 0 Å². The SMILES string of the molecule is COc1ccc(NC(=O)c2ccc(N(C)S(=O)(=O)N(C)C)cc2)cc1S(=O)(=O)N1CCCCC1. The maximum atomic E-state index is 13.2. The number of benzene rings is 2. The number of piperidine rings is 1. The van der Waals surface area contributed by atoms with Crippen LogP contribution in [0.3, 0.4) is 0 Å². The van der Waals surface area contributed by atoms with Crippen LogP contribution in [-0.2, 0) is 20.2 Å². The zero-order valence-corrected chi connectivity index (χ0v) is 21.3. The number of nitrogens with zero attached hydrogens (tertiary/aromatic N) is 3. The predicted octanol–water partition coefficient (Wildman–Crippen LogP) is 2.36. The maximum absolute atomic E-state index is 13.2. The molecule has 1 amide bonds. The summed E-state index contributed by atoms with van der Waals surface area (Å²) in [6.45, 7) is 0.902. The lowest BCUT2D eigenvalue weighted by Gasteiger charge is -2.26. The molecule has 34 heavy (non-hydrogen) atoms. The Balaban J connectivity index is 1.82. The number of carbonyl (C=O) groups excluding carboxylic acids is 1. The monoisotopic (exact) mass is 510 g/mol. The minimum absolute atomic E-state index is 0.000523. The molecule has 10 nitrogen and oxygen atoms in total. The zero-order valence-electron chi connectivity index (χ0n) is 19.7. The van der Waals surface area contributed by atoms with Gasteiger partial charge in [0.2, 0.25) is 10.0 Å². The van der Waals surface area contributed by atoms with Gasteiger partial charge in [-0.3, -0.25) is 9.10 Å². The first-order valence-corrected chi connectivity index (χ1v) is 13.6. The molecule has 2 aromatic carbocycles. The molecule has 2 aromatic rings. The van der Waals surface area contributed by atoms with E-state index in [1.807, 2.05) is 0 Å². The van der Waals surface area contributed by atoms with E-state index in [0.717, 1.165) is 27.9 Å². The third kappa shape index (κ3) is 5.35. The molecule has 3 rings (SSSR count). The fraction of sp³-hybridized carbons (Fsp3) is 0.409. The zero-order chi connectivity index (χ0) is 25.1. The highest BCUT2D eigenvalue weighted by Crippen LogP contribution is 2.31. The lowest BCUT2D eigenvalue weighted by molar-refractivity contribution is 0.102. The van der Waals surface area contributed by atoms with Gasteiger partial charge in [0.25, 0.3) is 5.91 Å². The van der Waals surface area contributed by atoms with Gasteiger partial charge >= 0.3 is 10.2 Å². The van der Waals surface area contributed by atoms with Gasteiger partial charge in [0, 0.05) is 45.5 Å². The quantitative estimate of drug-likeness (QED) is 0.583. The van der Waals surface area contributed by atoms with Crippen LogP contribution < -0.4 is 14.4 Å². The van der Waals surface area contributed by atoms with Gasteiger partial charge in [-0.15, -0.1) is 0 Å². The summed E-state index contributed by atoms with van der Waals surface area (Å²) in [5, 5.41) is 2.70. The van der Waals surface area contributed by atoms with Crippen molar-refractivity contribution in [1.29, 1.82) is 0 Å². The third-order valence-corrected chi connectivity index (χ3v) is 9.40. The summed E-state index contributed by atoms with van der Waals surface area (Å²) in [4.78, 5) is 12.8. The second-order valence-corrected chi connectivity index (χ2v) is 12.2. The minimum atomic E-state index is -3.77. The first-order valence-electron chi connectivity index (χ1n) is 10.7. The molecule has 1 aliphatic rings. The highest BCUT2D eigenvalue weighted by atomic mass is 32.2. The largest absolute Gasteiger partial charge is 0.495 e. The summed E-state index contributed by atoms with van der Waals surface area (Å²) in [5.74, 6) is -0.255. The Morgan fingerprint density at radius 2 is 1.56 bits per heavy atom. The Bertz CT molecular complexity index is 1240. The molecule has 186 valence electrons. The van der Waals surface area contributed by atoms with E-state index in [2.05, 4.69) is 5.32 Å². The third-order valence-electron chi connectivity index (χ3n) is 5.65. The average Bonchev–Trinajstić information content (AvgIpc) is 2.84. The predicted molar refractivity (Wildman–Crippen MR) is 131 cm³/mol. The van der Waals surface area contributed by atoms with E-state index in [1.165, 1.54) is 69.0 Å². The molecule has 1 fully saturated rings. The van der Waals surface area contributed by atoms with Crippen LogP contribution in [-0.4, -0.2) is 72.7 Å². The summed E-state index contributed by atoms with van der Waals surface area (Å²) in [6.07, 6.45) is 2.60. The summed E-state index contributed by atoms with van der Waals surface area (Å²) in [5.41, 5.74) is 0.984. The standard InChI is InChI=1S/C22H30N4O6S2/c1-24(2)34(30,31)25(3)19-11-8-17(9-12-19)22(27)23-18-10-13-20(32-4)21(16-18)33(28,29)26-14-6-5-7-15-26/h8-13,16H,5-7,14-15H2,1-4H3,(H,23,27). The number of carbonyl (C=O) groups is 1. The van der Waals surface area contributed by atoms with Crippen molar-refractivity contribution in [2.75, 3.05) is 51.0 Å². The number of hydrogen-bond donors (Lipinski definition) is 1. The lowest BCUT2D eigenvalue weighted by atomic mass is 10.2. The van der Waals surface area contributed by atoms with Gasteiger partial charge in [0.05, 0.1) is 12.8 Å². The fourth-order valence-corrected chi connectivity index (χ4v) is 6.18. The lowest BCUT2D eigenvalue weighted by Crippen LogP contribution is -2.37. The molecule has 0 bridgehead atoms. The Kier molecular flexibility index (Phi) is 7.86. The molecule has 12 heteroatoms. The molecule has 0 unspecified atom stereocenters. The number of hydrogen-bond acceptors (Lipinski definition) is 6. The smallest absolute Gasteiger partial charge is 0.303 e. The van der Waals surface area contributed by atoms with E-state index in [0.29, 0.717) is 24.5 Å². The van der Waals surface area contributed by atoms with Crippen LogP contribution in [0, 0.1) is 0 Å². The second kappa shape index (κ2) is 10.3. The van der Waals surface area contributed by atoms with Crippen molar-refractivity contribution in [1.82, 2.24) is 8.61 Å². The molecule has 1 heterocycles. The van der Waals surface area contributed by atoms with E-state index in [-0.39, 0.29) is 16.2 Å². The average molecular weight is 511 g/mol. The van der Waals surface area contributed by atoms with Crippen LogP contribution in [0.4, 0.5) is 11.4 Å². The normalized spacial score (nSPS) is 15.2. The Morgan fingerprint density at radius 3 is 2.12 bits per heavy atom. The fourth-order valence-electron chi connectivity index (χ4n) is 3.60. The molecule has 1 aliphatic heterocycles. The van der Waals surface area contributed by atoms with Gasteiger partial charge in [-0.25, -0.2) is 8.42 Å². The molecule has 0 spiro atoms. The highest BCUT2D eigenvalue weighted by Gasteiger charge is 2.29. The van der Waals surface area contributed by atoms with Crippen LogP contribution >= 0.6 is 0 Å². The van der Waals surface area contributed by atoms with Crippen molar-refractivity contribution in [2.45, 2.75) is 24.2 Å². The number of rotatable bonds is 8. The van der Waals surface area contributed by atoms with Gasteiger partial charge in [-0.2, -0.15) is 17.0 Å². The van der Waals surface area contributed by atoms with Gasteiger partial charge in [-0.1, -0.05) is 6.42 Å². The first-order chi connectivity index (χ1) is 16.0. The van der Waals surface area contributed by atoms with E-state index >= 15 is 0 Å². The van der Waals surface area contributed by atoms with Crippen LogP contribution in [0.25, 0.3) is 0 Å². The van der Waals surface area contributed by atoms with Crippen LogP contribution in [0.1, 0.15) is 29.6 Å². The molecular formula is C22H30N4O6S2. The van der Waals surface area contributed by atoms with E-state index in [4.69, 9.17) is 4.74 Å². The summed E-state index contributed by atoms with van der Waals surface area (Å²) in [7, 11) is -1.74. The van der Waals surface area contributed by atoms with E-state index in [9.17, 15) is 21.6 Å². The van der Waals surface area contributed by atoms with Crippen molar-refractivity contribution >= 4 is 37.5 Å². The topological polar surface area (TPSA) is 116 Å². The van der Waals surface area contributed by atoms with Gasteiger partial charge in [-0.05, 0) is 55.3 Å². The number of nitrogens with one attached hydrogen (secondary N) is 1. The van der Waals surface area contributed by atoms with Crippen LogP contribution in [0.2, 0.25) is 0 Å². The van der Waals surface area contributed by atoms with Crippen molar-refractivity contribution in [3.8, 4) is 5.75 Å². The first kappa shape index (κ1) is 25.9. The van der Waals surface area contributed by atoms with Gasteiger partial charge in [0.15, 0.2) is 0 Å². The second-order valence-electron chi connectivity index (χ2n) is 8.09. The maximum Gasteiger partial charge on any atom is 0.303 e. The van der Waals surface area contributed by atoms with E-state index < -0.39 is 26.1 Å². The number of amides is 1. The van der Waals surface area contributed by atoms with Gasteiger partial charge < -0.3 is 10.1 Å². The Morgan fingerprint density at radius 1 is 0.941 bits per heavy atom.